The minimum absolute atomic E-state index is 0.152. The van der Waals surface area contributed by atoms with E-state index in [1.807, 2.05) is 26.1 Å². The van der Waals surface area contributed by atoms with Gasteiger partial charge in [0.15, 0.2) is 0 Å². The van der Waals surface area contributed by atoms with Crippen molar-refractivity contribution >= 4 is 10.0 Å². The molecular weight excluding hydrogens is 248 g/mol. The van der Waals surface area contributed by atoms with Gasteiger partial charge in [0.05, 0.1) is 4.90 Å². The molecule has 1 heterocycles. The van der Waals surface area contributed by atoms with Crippen molar-refractivity contribution < 1.29 is 8.42 Å². The molecule has 0 spiro atoms. The van der Waals surface area contributed by atoms with E-state index in [1.165, 1.54) is 0 Å². The van der Waals surface area contributed by atoms with Crippen LogP contribution in [0.25, 0.3) is 0 Å². The van der Waals surface area contributed by atoms with E-state index in [-0.39, 0.29) is 6.04 Å². The van der Waals surface area contributed by atoms with Crippen LogP contribution in [0.4, 0.5) is 0 Å². The number of nitrogens with zero attached hydrogens (tertiary/aromatic N) is 1. The molecule has 0 radical (unpaired) electrons. The lowest BCUT2D eigenvalue weighted by Crippen LogP contribution is -2.28. The fourth-order valence-electron chi connectivity index (χ4n) is 2.19. The van der Waals surface area contributed by atoms with Gasteiger partial charge in [-0.2, -0.15) is 4.31 Å². The highest BCUT2D eigenvalue weighted by atomic mass is 32.2. The van der Waals surface area contributed by atoms with E-state index in [2.05, 4.69) is 5.32 Å². The minimum atomic E-state index is -3.30. The quantitative estimate of drug-likeness (QED) is 0.905. The summed E-state index contributed by atoms with van der Waals surface area (Å²) in [5.41, 5.74) is 0.998. The maximum atomic E-state index is 12.4. The lowest BCUT2D eigenvalue weighted by Gasteiger charge is -2.17. The average Bonchev–Trinajstić information content (AvgIpc) is 2.92. The van der Waals surface area contributed by atoms with Crippen molar-refractivity contribution in [2.24, 2.45) is 0 Å². The predicted octanol–water partition coefficient (Wildman–Crippen LogP) is 1.75. The zero-order valence-corrected chi connectivity index (χ0v) is 11.7. The third-order valence-electron chi connectivity index (χ3n) is 3.49. The fraction of sp³-hybridized carbons (Fsp3) is 0.538. The molecule has 1 aliphatic rings. The summed E-state index contributed by atoms with van der Waals surface area (Å²) >= 11 is 0. The lowest BCUT2D eigenvalue weighted by molar-refractivity contribution is 0.477. The van der Waals surface area contributed by atoms with Gasteiger partial charge < -0.3 is 5.32 Å². The number of benzene rings is 1. The van der Waals surface area contributed by atoms with Crippen LogP contribution in [0.1, 0.15) is 31.4 Å². The van der Waals surface area contributed by atoms with Crippen molar-refractivity contribution in [3.8, 4) is 0 Å². The molecule has 1 N–H and O–H groups in total. The molecule has 100 valence electrons. The molecule has 1 aliphatic heterocycles. The van der Waals surface area contributed by atoms with E-state index in [1.54, 1.807) is 16.4 Å². The molecule has 1 saturated heterocycles. The molecule has 1 aromatic rings. The zero-order valence-electron chi connectivity index (χ0n) is 10.9. The molecule has 2 rings (SSSR count). The molecule has 0 aromatic heterocycles. The van der Waals surface area contributed by atoms with E-state index in [4.69, 9.17) is 0 Å². The Morgan fingerprint density at radius 2 is 1.94 bits per heavy atom. The van der Waals surface area contributed by atoms with Crippen LogP contribution in [-0.2, 0) is 10.0 Å². The van der Waals surface area contributed by atoms with E-state index >= 15 is 0 Å². The van der Waals surface area contributed by atoms with Crippen LogP contribution in [-0.4, -0.2) is 32.9 Å². The Balaban J connectivity index is 2.32. The largest absolute Gasteiger partial charge is 0.313 e. The first-order chi connectivity index (χ1) is 8.55. The number of sulfonamides is 1. The lowest BCUT2D eigenvalue weighted by atomic mass is 10.1. The Morgan fingerprint density at radius 1 is 1.28 bits per heavy atom. The molecule has 1 atom stereocenters. The normalized spacial score (nSPS) is 19.0. The van der Waals surface area contributed by atoms with Crippen LogP contribution in [0.3, 0.4) is 0 Å². The van der Waals surface area contributed by atoms with Gasteiger partial charge in [0, 0.05) is 19.1 Å². The SMILES string of the molecule is CNC(C)c1cccc(S(=O)(=O)N2CCCC2)c1. The van der Waals surface area contributed by atoms with Crippen molar-refractivity contribution in [1.29, 1.82) is 0 Å². The van der Waals surface area contributed by atoms with E-state index in [0.717, 1.165) is 18.4 Å². The smallest absolute Gasteiger partial charge is 0.243 e. The number of rotatable bonds is 4. The van der Waals surface area contributed by atoms with Gasteiger partial charge in [-0.15, -0.1) is 0 Å². The maximum Gasteiger partial charge on any atom is 0.243 e. The van der Waals surface area contributed by atoms with Crippen molar-refractivity contribution in [2.75, 3.05) is 20.1 Å². The summed E-state index contributed by atoms with van der Waals surface area (Å²) in [5, 5.41) is 3.12. The Labute approximate surface area is 109 Å². The van der Waals surface area contributed by atoms with Gasteiger partial charge in [0.1, 0.15) is 0 Å². The first-order valence-electron chi connectivity index (χ1n) is 6.33. The van der Waals surface area contributed by atoms with Crippen LogP contribution >= 0.6 is 0 Å². The van der Waals surface area contributed by atoms with Crippen LogP contribution < -0.4 is 5.32 Å². The summed E-state index contributed by atoms with van der Waals surface area (Å²) in [6, 6.07) is 7.36. The summed E-state index contributed by atoms with van der Waals surface area (Å²) in [6.45, 7) is 3.31. The van der Waals surface area contributed by atoms with Gasteiger partial charge >= 0.3 is 0 Å². The van der Waals surface area contributed by atoms with Gasteiger partial charge in [-0.25, -0.2) is 8.42 Å². The Hall–Kier alpha value is -0.910. The van der Waals surface area contributed by atoms with Gasteiger partial charge in [0.2, 0.25) is 10.0 Å². The predicted molar refractivity (Wildman–Crippen MR) is 71.9 cm³/mol. The summed E-state index contributed by atoms with van der Waals surface area (Å²) in [4.78, 5) is 0.406. The molecule has 1 fully saturated rings. The first-order valence-corrected chi connectivity index (χ1v) is 7.77. The van der Waals surface area contributed by atoms with Crippen LogP contribution in [0, 0.1) is 0 Å². The summed E-state index contributed by atoms with van der Waals surface area (Å²) in [6.07, 6.45) is 1.93. The number of hydrogen-bond acceptors (Lipinski definition) is 3. The molecule has 18 heavy (non-hydrogen) atoms. The topological polar surface area (TPSA) is 49.4 Å². The molecule has 4 nitrogen and oxygen atoms in total. The van der Waals surface area contributed by atoms with Gasteiger partial charge in [-0.3, -0.25) is 0 Å². The summed E-state index contributed by atoms with van der Waals surface area (Å²) in [5.74, 6) is 0. The van der Waals surface area contributed by atoms with E-state index in [0.29, 0.717) is 18.0 Å². The number of nitrogens with one attached hydrogen (secondary N) is 1. The Bertz CT molecular complexity index is 507. The number of hydrogen-bond donors (Lipinski definition) is 1. The highest BCUT2D eigenvalue weighted by Crippen LogP contribution is 2.23. The van der Waals surface area contributed by atoms with Gasteiger partial charge in [0.25, 0.3) is 0 Å². The highest BCUT2D eigenvalue weighted by Gasteiger charge is 2.27. The highest BCUT2D eigenvalue weighted by molar-refractivity contribution is 7.89. The molecular formula is C13H20N2O2S. The Kier molecular flexibility index (Phi) is 4.04. The molecule has 0 saturated carbocycles. The van der Waals surface area contributed by atoms with Gasteiger partial charge in [-0.05, 0) is 44.5 Å². The van der Waals surface area contributed by atoms with E-state index < -0.39 is 10.0 Å². The third kappa shape index (κ3) is 2.58. The fourth-order valence-corrected chi connectivity index (χ4v) is 3.76. The summed E-state index contributed by atoms with van der Waals surface area (Å²) < 4.78 is 26.4. The second-order valence-electron chi connectivity index (χ2n) is 4.69. The third-order valence-corrected chi connectivity index (χ3v) is 5.39. The second-order valence-corrected chi connectivity index (χ2v) is 6.63. The zero-order chi connectivity index (χ0) is 13.2. The molecule has 1 aromatic carbocycles. The van der Waals surface area contributed by atoms with Crippen LogP contribution in [0.2, 0.25) is 0 Å². The standard InChI is InChI=1S/C13H20N2O2S/c1-11(14-2)12-6-5-7-13(10-12)18(16,17)15-8-3-4-9-15/h5-7,10-11,14H,3-4,8-9H2,1-2H3. The second kappa shape index (κ2) is 5.38. The average molecular weight is 268 g/mol. The van der Waals surface area contributed by atoms with Crippen molar-refractivity contribution in [1.82, 2.24) is 9.62 Å². The minimum Gasteiger partial charge on any atom is -0.313 e. The molecule has 1 unspecified atom stereocenters. The van der Waals surface area contributed by atoms with E-state index in [9.17, 15) is 8.42 Å². The first kappa shape index (κ1) is 13.5. The molecule has 0 aliphatic carbocycles. The van der Waals surface area contributed by atoms with Crippen molar-refractivity contribution in [3.05, 3.63) is 29.8 Å². The van der Waals surface area contributed by atoms with Gasteiger partial charge in [-0.1, -0.05) is 12.1 Å². The van der Waals surface area contributed by atoms with Crippen molar-refractivity contribution in [2.45, 2.75) is 30.7 Å². The monoisotopic (exact) mass is 268 g/mol. The maximum absolute atomic E-state index is 12.4. The van der Waals surface area contributed by atoms with Crippen molar-refractivity contribution in [3.63, 3.8) is 0 Å². The molecule has 0 amide bonds. The summed E-state index contributed by atoms with van der Waals surface area (Å²) in [7, 11) is -1.43. The molecule has 0 bridgehead atoms. The molecule has 5 heteroatoms. The van der Waals surface area contributed by atoms with Crippen LogP contribution in [0.15, 0.2) is 29.2 Å². The Morgan fingerprint density at radius 3 is 2.56 bits per heavy atom. The van der Waals surface area contributed by atoms with Crippen LogP contribution in [0.5, 0.6) is 0 Å².